The lowest BCUT2D eigenvalue weighted by atomic mass is 10.2. The summed E-state index contributed by atoms with van der Waals surface area (Å²) >= 11 is 3.12. The molecule has 0 aliphatic carbocycles. The van der Waals surface area contributed by atoms with E-state index in [0.29, 0.717) is 16.0 Å². The molecular formula is C12H10BrN3O3. The summed E-state index contributed by atoms with van der Waals surface area (Å²) in [5, 5.41) is 5.06. The second-order valence-electron chi connectivity index (χ2n) is 3.63. The van der Waals surface area contributed by atoms with E-state index in [1.807, 2.05) is 0 Å². The maximum atomic E-state index is 11.8. The van der Waals surface area contributed by atoms with Gasteiger partial charge < -0.3 is 20.8 Å². The first-order valence-electron chi connectivity index (χ1n) is 5.28. The standard InChI is InChI=1S/C12H10BrN3O3/c13-10-5-4-9(19-10)11(17)15-7-2-1-3-8(6-7)16-12(14)18/h1-6H,(H,15,17)(H3,14,16,18). The van der Waals surface area contributed by atoms with Gasteiger partial charge in [0.2, 0.25) is 0 Å². The van der Waals surface area contributed by atoms with Gasteiger partial charge in [0.1, 0.15) is 0 Å². The number of carbonyl (C=O) groups is 2. The fraction of sp³-hybridized carbons (Fsp3) is 0. The van der Waals surface area contributed by atoms with Gasteiger partial charge in [-0.25, -0.2) is 4.79 Å². The van der Waals surface area contributed by atoms with Gasteiger partial charge in [0.15, 0.2) is 10.4 Å². The molecule has 0 spiro atoms. The fourth-order valence-electron chi connectivity index (χ4n) is 1.45. The van der Waals surface area contributed by atoms with Crippen LogP contribution in [0.25, 0.3) is 0 Å². The number of hydrogen-bond donors (Lipinski definition) is 3. The number of nitrogens with two attached hydrogens (primary N) is 1. The zero-order chi connectivity index (χ0) is 13.8. The number of rotatable bonds is 3. The van der Waals surface area contributed by atoms with Gasteiger partial charge in [-0.15, -0.1) is 0 Å². The first kappa shape index (κ1) is 13.2. The molecule has 2 aromatic rings. The van der Waals surface area contributed by atoms with Gasteiger partial charge in [-0.2, -0.15) is 0 Å². The summed E-state index contributed by atoms with van der Waals surface area (Å²) in [4.78, 5) is 22.6. The molecule has 1 aromatic carbocycles. The minimum absolute atomic E-state index is 0.181. The lowest BCUT2D eigenvalue weighted by Crippen LogP contribution is -2.19. The van der Waals surface area contributed by atoms with Crippen molar-refractivity contribution in [2.45, 2.75) is 0 Å². The number of benzene rings is 1. The van der Waals surface area contributed by atoms with Crippen molar-refractivity contribution in [3.63, 3.8) is 0 Å². The second-order valence-corrected chi connectivity index (χ2v) is 4.41. The van der Waals surface area contributed by atoms with Crippen molar-refractivity contribution in [2.75, 3.05) is 10.6 Å². The van der Waals surface area contributed by atoms with E-state index < -0.39 is 6.03 Å². The molecule has 2 rings (SSSR count). The Kier molecular flexibility index (Phi) is 3.86. The average Bonchev–Trinajstić information content (AvgIpc) is 2.75. The first-order chi connectivity index (χ1) is 9.04. The van der Waals surface area contributed by atoms with E-state index in [1.54, 1.807) is 36.4 Å². The van der Waals surface area contributed by atoms with Crippen molar-refractivity contribution in [3.8, 4) is 0 Å². The minimum Gasteiger partial charge on any atom is -0.444 e. The monoisotopic (exact) mass is 323 g/mol. The molecule has 1 heterocycles. The molecule has 0 radical (unpaired) electrons. The molecule has 98 valence electrons. The quantitative estimate of drug-likeness (QED) is 0.810. The van der Waals surface area contributed by atoms with E-state index in [9.17, 15) is 9.59 Å². The molecule has 0 atom stereocenters. The van der Waals surface area contributed by atoms with Crippen LogP contribution >= 0.6 is 15.9 Å². The Labute approximate surface area is 117 Å². The van der Waals surface area contributed by atoms with E-state index in [0.717, 1.165) is 0 Å². The highest BCUT2D eigenvalue weighted by Gasteiger charge is 2.10. The van der Waals surface area contributed by atoms with Crippen LogP contribution in [0.1, 0.15) is 10.6 Å². The van der Waals surface area contributed by atoms with Gasteiger partial charge >= 0.3 is 6.03 Å². The van der Waals surface area contributed by atoms with Crippen LogP contribution in [0.3, 0.4) is 0 Å². The van der Waals surface area contributed by atoms with Crippen LogP contribution in [-0.2, 0) is 0 Å². The molecule has 0 saturated heterocycles. The highest BCUT2D eigenvalue weighted by Crippen LogP contribution is 2.18. The number of nitrogens with one attached hydrogen (secondary N) is 2. The van der Waals surface area contributed by atoms with Crippen LogP contribution in [0.4, 0.5) is 16.2 Å². The Morgan fingerprint density at radius 3 is 2.37 bits per heavy atom. The number of anilines is 2. The number of urea groups is 1. The van der Waals surface area contributed by atoms with Crippen molar-refractivity contribution >= 4 is 39.2 Å². The van der Waals surface area contributed by atoms with Gasteiger partial charge in [0.05, 0.1) is 0 Å². The van der Waals surface area contributed by atoms with Crippen molar-refractivity contribution in [1.29, 1.82) is 0 Å². The number of primary amides is 1. The van der Waals surface area contributed by atoms with Crippen molar-refractivity contribution in [2.24, 2.45) is 5.73 Å². The summed E-state index contributed by atoms with van der Waals surface area (Å²) in [6, 6.07) is 9.11. The average molecular weight is 324 g/mol. The summed E-state index contributed by atoms with van der Waals surface area (Å²) < 4.78 is 5.60. The summed E-state index contributed by atoms with van der Waals surface area (Å²) in [6.45, 7) is 0. The summed E-state index contributed by atoms with van der Waals surface area (Å²) in [5.74, 6) is -0.206. The lowest BCUT2D eigenvalue weighted by Gasteiger charge is -2.06. The van der Waals surface area contributed by atoms with Gasteiger partial charge in [-0.1, -0.05) is 6.07 Å². The zero-order valence-electron chi connectivity index (χ0n) is 9.64. The smallest absolute Gasteiger partial charge is 0.316 e. The second kappa shape index (κ2) is 5.57. The van der Waals surface area contributed by atoms with Crippen LogP contribution in [-0.4, -0.2) is 11.9 Å². The van der Waals surface area contributed by atoms with E-state index in [1.165, 1.54) is 0 Å². The highest BCUT2D eigenvalue weighted by molar-refractivity contribution is 9.10. The number of hydrogen-bond acceptors (Lipinski definition) is 3. The lowest BCUT2D eigenvalue weighted by molar-refractivity contribution is 0.0995. The van der Waals surface area contributed by atoms with Gasteiger partial charge in [0, 0.05) is 11.4 Å². The van der Waals surface area contributed by atoms with Crippen LogP contribution in [0.2, 0.25) is 0 Å². The molecule has 3 amide bonds. The van der Waals surface area contributed by atoms with Crippen molar-refractivity contribution in [3.05, 3.63) is 46.8 Å². The van der Waals surface area contributed by atoms with Gasteiger partial charge in [-0.3, -0.25) is 4.79 Å². The number of halogens is 1. The maximum absolute atomic E-state index is 11.8. The topological polar surface area (TPSA) is 97.4 Å². The fourth-order valence-corrected chi connectivity index (χ4v) is 1.75. The minimum atomic E-state index is -0.668. The third-order valence-electron chi connectivity index (χ3n) is 2.18. The molecular weight excluding hydrogens is 314 g/mol. The van der Waals surface area contributed by atoms with E-state index in [-0.39, 0.29) is 11.7 Å². The summed E-state index contributed by atoms with van der Waals surface area (Å²) in [6.07, 6.45) is 0. The SMILES string of the molecule is NC(=O)Nc1cccc(NC(=O)c2ccc(Br)o2)c1. The Balaban J connectivity index is 2.10. The summed E-state index contributed by atoms with van der Waals surface area (Å²) in [7, 11) is 0. The molecule has 6 nitrogen and oxygen atoms in total. The zero-order valence-corrected chi connectivity index (χ0v) is 11.2. The molecule has 1 aromatic heterocycles. The predicted octanol–water partition coefficient (Wildman–Crippen LogP) is 2.79. The van der Waals surface area contributed by atoms with Crippen molar-refractivity contribution in [1.82, 2.24) is 0 Å². The molecule has 4 N–H and O–H groups in total. The van der Waals surface area contributed by atoms with E-state index >= 15 is 0 Å². The van der Waals surface area contributed by atoms with E-state index in [4.69, 9.17) is 10.2 Å². The predicted molar refractivity (Wildman–Crippen MR) is 74.0 cm³/mol. The van der Waals surface area contributed by atoms with Gasteiger partial charge in [0.25, 0.3) is 5.91 Å². The Bertz CT molecular complexity index is 624. The highest BCUT2D eigenvalue weighted by atomic mass is 79.9. The number of carbonyl (C=O) groups excluding carboxylic acids is 2. The molecule has 0 aliphatic rings. The molecule has 0 unspecified atom stereocenters. The maximum Gasteiger partial charge on any atom is 0.316 e. The third kappa shape index (κ3) is 3.59. The molecule has 0 fully saturated rings. The molecule has 0 aliphatic heterocycles. The number of furan rings is 1. The summed E-state index contributed by atoms with van der Waals surface area (Å²) in [5.41, 5.74) is 6.02. The normalized spacial score (nSPS) is 9.95. The molecule has 0 bridgehead atoms. The Hall–Kier alpha value is -2.28. The molecule has 0 saturated carbocycles. The Morgan fingerprint density at radius 2 is 1.79 bits per heavy atom. The van der Waals surface area contributed by atoms with E-state index in [2.05, 4.69) is 26.6 Å². The van der Waals surface area contributed by atoms with Crippen molar-refractivity contribution < 1.29 is 14.0 Å². The largest absolute Gasteiger partial charge is 0.444 e. The van der Waals surface area contributed by atoms with Crippen LogP contribution in [0.15, 0.2) is 45.5 Å². The van der Waals surface area contributed by atoms with Gasteiger partial charge in [-0.05, 0) is 46.3 Å². The first-order valence-corrected chi connectivity index (χ1v) is 6.07. The number of amides is 3. The van der Waals surface area contributed by atoms with Crippen LogP contribution in [0.5, 0.6) is 0 Å². The third-order valence-corrected chi connectivity index (χ3v) is 2.61. The van der Waals surface area contributed by atoms with Crippen LogP contribution in [0, 0.1) is 0 Å². The Morgan fingerprint density at radius 1 is 1.11 bits per heavy atom. The molecule has 7 heteroatoms. The molecule has 19 heavy (non-hydrogen) atoms. The van der Waals surface area contributed by atoms with Crippen LogP contribution < -0.4 is 16.4 Å².